The van der Waals surface area contributed by atoms with Gasteiger partial charge in [-0.05, 0) is 36.8 Å². The third-order valence-corrected chi connectivity index (χ3v) is 2.16. The summed E-state index contributed by atoms with van der Waals surface area (Å²) in [6.45, 7) is 1.66. The number of ether oxygens (including phenoxy) is 1. The summed E-state index contributed by atoms with van der Waals surface area (Å²) in [4.78, 5) is 0. The van der Waals surface area contributed by atoms with Gasteiger partial charge in [0.25, 0.3) is 0 Å². The van der Waals surface area contributed by atoms with Gasteiger partial charge in [0, 0.05) is 0 Å². The predicted molar refractivity (Wildman–Crippen MR) is 61.1 cm³/mol. The first-order chi connectivity index (χ1) is 7.42. The van der Waals surface area contributed by atoms with E-state index in [9.17, 15) is 8.42 Å². The molecular formula is C10H13NO4S. The first-order valence-corrected chi connectivity index (χ1v) is 6.31. The third kappa shape index (κ3) is 3.90. The fourth-order valence-electron chi connectivity index (χ4n) is 1.01. The van der Waals surface area contributed by atoms with Gasteiger partial charge in [0.15, 0.2) is 0 Å². The van der Waals surface area contributed by atoms with Crippen LogP contribution in [0.25, 0.3) is 0 Å². The minimum atomic E-state index is -3.55. The summed E-state index contributed by atoms with van der Waals surface area (Å²) in [5, 5.41) is 3.51. The fraction of sp³-hybridized carbons (Fsp3) is 0.300. The summed E-state index contributed by atoms with van der Waals surface area (Å²) in [6.07, 6.45) is 0.942. The highest BCUT2D eigenvalue weighted by Crippen LogP contribution is 2.12. The number of hydrogen-bond donors (Lipinski definition) is 0. The molecule has 0 unspecified atom stereocenters. The lowest BCUT2D eigenvalue weighted by atomic mass is 10.1. The summed E-state index contributed by atoms with van der Waals surface area (Å²) in [7, 11) is -1.98. The second-order valence-electron chi connectivity index (χ2n) is 3.18. The molecule has 1 aromatic carbocycles. The highest BCUT2D eigenvalue weighted by molar-refractivity contribution is 7.85. The van der Waals surface area contributed by atoms with E-state index < -0.39 is 10.1 Å². The maximum atomic E-state index is 10.7. The Balaban J connectivity index is 2.84. The van der Waals surface area contributed by atoms with Crippen molar-refractivity contribution in [2.75, 3.05) is 13.4 Å². The number of oxime groups is 1. The van der Waals surface area contributed by atoms with Gasteiger partial charge >= 0.3 is 10.1 Å². The molecule has 0 bridgehead atoms. The van der Waals surface area contributed by atoms with Crippen molar-refractivity contribution >= 4 is 15.8 Å². The van der Waals surface area contributed by atoms with Crippen molar-refractivity contribution in [3.8, 4) is 5.75 Å². The van der Waals surface area contributed by atoms with Crippen LogP contribution in [0.4, 0.5) is 0 Å². The molecule has 5 nitrogen and oxygen atoms in total. The number of nitrogens with zero attached hydrogens (tertiary/aromatic N) is 1. The van der Waals surface area contributed by atoms with Crippen molar-refractivity contribution in [3.05, 3.63) is 29.8 Å². The average Bonchev–Trinajstić information content (AvgIpc) is 2.25. The molecule has 0 atom stereocenters. The van der Waals surface area contributed by atoms with E-state index in [-0.39, 0.29) is 0 Å². The fourth-order valence-corrected chi connectivity index (χ4v) is 1.26. The molecule has 0 saturated carbocycles. The number of rotatable bonds is 4. The Kier molecular flexibility index (Phi) is 3.89. The first kappa shape index (κ1) is 12.5. The van der Waals surface area contributed by atoms with Crippen LogP contribution < -0.4 is 4.74 Å². The summed E-state index contributed by atoms with van der Waals surface area (Å²) >= 11 is 0. The first-order valence-electron chi connectivity index (χ1n) is 4.50. The zero-order valence-electron chi connectivity index (χ0n) is 9.30. The lowest BCUT2D eigenvalue weighted by Gasteiger charge is -2.02. The minimum absolute atomic E-state index is 0.480. The second kappa shape index (κ2) is 4.98. The Bertz CT molecular complexity index is 476. The smallest absolute Gasteiger partial charge is 0.325 e. The van der Waals surface area contributed by atoms with Gasteiger partial charge in [0.2, 0.25) is 0 Å². The van der Waals surface area contributed by atoms with Crippen LogP contribution in [0.5, 0.6) is 5.75 Å². The Hall–Kier alpha value is -1.56. The van der Waals surface area contributed by atoms with Gasteiger partial charge in [-0.1, -0.05) is 5.16 Å². The summed E-state index contributed by atoms with van der Waals surface area (Å²) < 4.78 is 30.8. The molecule has 6 heteroatoms. The molecule has 0 radical (unpaired) electrons. The van der Waals surface area contributed by atoms with Gasteiger partial charge in [-0.15, -0.1) is 0 Å². The lowest BCUT2D eigenvalue weighted by Crippen LogP contribution is -2.01. The predicted octanol–water partition coefficient (Wildman–Crippen LogP) is 1.40. The zero-order valence-corrected chi connectivity index (χ0v) is 10.1. The molecule has 0 aliphatic heterocycles. The van der Waals surface area contributed by atoms with Crippen molar-refractivity contribution < 1.29 is 17.4 Å². The Morgan fingerprint density at radius 2 is 1.81 bits per heavy atom. The average molecular weight is 243 g/mol. The topological polar surface area (TPSA) is 65.0 Å². The second-order valence-corrected chi connectivity index (χ2v) is 4.74. The Labute approximate surface area is 94.8 Å². The molecule has 0 amide bonds. The highest BCUT2D eigenvalue weighted by Gasteiger charge is 2.02. The standard InChI is InChI=1S/C10H13NO4S/c1-8(11-15-16(3,12)13)9-4-6-10(14-2)7-5-9/h4-7H,1-3H3. The van der Waals surface area contributed by atoms with Crippen molar-refractivity contribution in [2.24, 2.45) is 5.16 Å². The van der Waals surface area contributed by atoms with E-state index in [0.717, 1.165) is 17.6 Å². The van der Waals surface area contributed by atoms with Gasteiger partial charge in [-0.2, -0.15) is 8.42 Å². The Morgan fingerprint density at radius 3 is 2.25 bits per heavy atom. The maximum absolute atomic E-state index is 10.7. The van der Waals surface area contributed by atoms with Crippen molar-refractivity contribution in [1.82, 2.24) is 0 Å². The van der Waals surface area contributed by atoms with E-state index in [1.54, 1.807) is 38.3 Å². The number of methoxy groups -OCH3 is 1. The molecule has 0 saturated heterocycles. The van der Waals surface area contributed by atoms with Gasteiger partial charge < -0.3 is 4.74 Å². The van der Waals surface area contributed by atoms with Crippen LogP contribution >= 0.6 is 0 Å². The molecule has 0 N–H and O–H groups in total. The highest BCUT2D eigenvalue weighted by atomic mass is 32.2. The van der Waals surface area contributed by atoms with Crippen LogP contribution in [-0.4, -0.2) is 27.5 Å². The molecule has 0 aromatic heterocycles. The molecule has 0 aliphatic rings. The van der Waals surface area contributed by atoms with Crippen LogP contribution in [-0.2, 0) is 14.4 Å². The maximum Gasteiger partial charge on any atom is 0.325 e. The molecule has 0 spiro atoms. The summed E-state index contributed by atoms with van der Waals surface area (Å²) in [5.41, 5.74) is 1.25. The molecule has 1 aromatic rings. The molecule has 88 valence electrons. The van der Waals surface area contributed by atoms with Gasteiger partial charge in [0.05, 0.1) is 19.1 Å². The lowest BCUT2D eigenvalue weighted by molar-refractivity contribution is 0.343. The van der Waals surface area contributed by atoms with E-state index in [2.05, 4.69) is 9.44 Å². The van der Waals surface area contributed by atoms with E-state index in [1.165, 1.54) is 0 Å². The quantitative estimate of drug-likeness (QED) is 0.592. The van der Waals surface area contributed by atoms with Crippen LogP contribution in [0.15, 0.2) is 29.4 Å². The normalized spacial score (nSPS) is 12.3. The van der Waals surface area contributed by atoms with E-state index in [1.807, 2.05) is 0 Å². The minimum Gasteiger partial charge on any atom is -0.497 e. The summed E-state index contributed by atoms with van der Waals surface area (Å²) in [5.74, 6) is 0.723. The zero-order chi connectivity index (χ0) is 12.2. The SMILES string of the molecule is COc1ccc(C(C)=NOS(C)(=O)=O)cc1. The van der Waals surface area contributed by atoms with E-state index in [4.69, 9.17) is 4.74 Å². The van der Waals surface area contributed by atoms with Gasteiger partial charge in [-0.25, -0.2) is 0 Å². The molecule has 0 heterocycles. The van der Waals surface area contributed by atoms with Crippen LogP contribution in [0, 0.1) is 0 Å². The van der Waals surface area contributed by atoms with Crippen LogP contribution in [0.1, 0.15) is 12.5 Å². The van der Waals surface area contributed by atoms with Crippen molar-refractivity contribution in [2.45, 2.75) is 6.92 Å². The van der Waals surface area contributed by atoms with Crippen LogP contribution in [0.3, 0.4) is 0 Å². The summed E-state index contributed by atoms with van der Waals surface area (Å²) in [6, 6.07) is 7.05. The van der Waals surface area contributed by atoms with E-state index >= 15 is 0 Å². The van der Waals surface area contributed by atoms with Gasteiger partial charge in [0.1, 0.15) is 5.75 Å². The van der Waals surface area contributed by atoms with Crippen LogP contribution in [0.2, 0.25) is 0 Å². The molecule has 0 aliphatic carbocycles. The molecular weight excluding hydrogens is 230 g/mol. The Morgan fingerprint density at radius 1 is 1.25 bits per heavy atom. The number of benzene rings is 1. The third-order valence-electron chi connectivity index (χ3n) is 1.82. The molecule has 0 fully saturated rings. The van der Waals surface area contributed by atoms with Gasteiger partial charge in [-0.3, -0.25) is 4.28 Å². The van der Waals surface area contributed by atoms with Crippen molar-refractivity contribution in [1.29, 1.82) is 0 Å². The monoisotopic (exact) mass is 243 g/mol. The molecule has 1 rings (SSSR count). The number of hydrogen-bond acceptors (Lipinski definition) is 5. The largest absolute Gasteiger partial charge is 0.497 e. The van der Waals surface area contributed by atoms with E-state index in [0.29, 0.717) is 5.71 Å². The van der Waals surface area contributed by atoms with Crippen molar-refractivity contribution in [3.63, 3.8) is 0 Å². The molecule has 16 heavy (non-hydrogen) atoms.